The number of amides is 3. The van der Waals surface area contributed by atoms with Crippen molar-refractivity contribution in [1.82, 2.24) is 15.1 Å². The number of carbonyl (C=O) groups is 2. The zero-order valence-electron chi connectivity index (χ0n) is 10.9. The van der Waals surface area contributed by atoms with Crippen LogP contribution in [0.5, 0.6) is 0 Å². The van der Waals surface area contributed by atoms with Crippen molar-refractivity contribution in [3.05, 3.63) is 35.6 Å². The second-order valence-corrected chi connectivity index (χ2v) is 4.59. The van der Waals surface area contributed by atoms with Crippen LogP contribution in [0.3, 0.4) is 0 Å². The number of urea groups is 1. The van der Waals surface area contributed by atoms with E-state index in [1.54, 1.807) is 26.2 Å². The highest BCUT2D eigenvalue weighted by Gasteiger charge is 2.36. The third kappa shape index (κ3) is 2.52. The summed E-state index contributed by atoms with van der Waals surface area (Å²) in [6.07, 6.45) is 0. The topological polar surface area (TPSA) is 52.7 Å². The maximum Gasteiger partial charge on any atom is 0.320 e. The first kappa shape index (κ1) is 13.3. The van der Waals surface area contributed by atoms with Crippen molar-refractivity contribution >= 4 is 11.9 Å². The van der Waals surface area contributed by atoms with E-state index in [1.165, 1.54) is 21.9 Å². The van der Waals surface area contributed by atoms with E-state index in [4.69, 9.17) is 0 Å². The third-order valence-corrected chi connectivity index (χ3v) is 3.04. The van der Waals surface area contributed by atoms with E-state index in [2.05, 4.69) is 5.32 Å². The normalized spacial score (nSPS) is 19.0. The van der Waals surface area contributed by atoms with E-state index in [9.17, 15) is 14.0 Å². The molecule has 5 nitrogen and oxygen atoms in total. The predicted molar refractivity (Wildman–Crippen MR) is 67.9 cm³/mol. The highest BCUT2D eigenvalue weighted by Crippen LogP contribution is 2.26. The monoisotopic (exact) mass is 265 g/mol. The van der Waals surface area contributed by atoms with Crippen molar-refractivity contribution < 1.29 is 14.0 Å². The molecule has 0 radical (unpaired) electrons. The summed E-state index contributed by atoms with van der Waals surface area (Å²) in [6.45, 7) is 0.741. The molecule has 1 aromatic carbocycles. The number of hydrogen-bond donors (Lipinski definition) is 1. The fraction of sp³-hybridized carbons (Fsp3) is 0.385. The molecule has 0 aromatic heterocycles. The molecule has 0 saturated carbocycles. The summed E-state index contributed by atoms with van der Waals surface area (Å²) < 4.78 is 13.9. The fourth-order valence-electron chi connectivity index (χ4n) is 2.14. The molecule has 102 valence electrons. The minimum absolute atomic E-state index is 0.218. The van der Waals surface area contributed by atoms with Gasteiger partial charge in [0.25, 0.3) is 0 Å². The highest BCUT2D eigenvalue weighted by atomic mass is 19.1. The number of nitrogens with one attached hydrogen (secondary N) is 1. The average Bonchev–Trinajstić information content (AvgIpc) is 2.38. The number of rotatable bonds is 1. The largest absolute Gasteiger partial charge is 0.352 e. The molecule has 1 atom stereocenters. The van der Waals surface area contributed by atoms with Gasteiger partial charge in [0.2, 0.25) is 5.91 Å². The van der Waals surface area contributed by atoms with Crippen LogP contribution >= 0.6 is 0 Å². The van der Waals surface area contributed by atoms with Gasteiger partial charge in [-0.1, -0.05) is 18.2 Å². The first-order valence-corrected chi connectivity index (χ1v) is 6.02. The Kier molecular flexibility index (Phi) is 3.69. The number of benzene rings is 1. The van der Waals surface area contributed by atoms with Crippen molar-refractivity contribution in [3.8, 4) is 0 Å². The molecular weight excluding hydrogens is 249 g/mol. The molecule has 1 aliphatic heterocycles. The van der Waals surface area contributed by atoms with E-state index in [0.29, 0.717) is 13.1 Å². The Morgan fingerprint density at radius 3 is 2.74 bits per heavy atom. The van der Waals surface area contributed by atoms with Gasteiger partial charge in [0.1, 0.15) is 11.9 Å². The van der Waals surface area contributed by atoms with Crippen molar-refractivity contribution in [1.29, 1.82) is 0 Å². The van der Waals surface area contributed by atoms with Crippen LogP contribution in [0, 0.1) is 5.82 Å². The standard InChI is InChI=1S/C13H16FN3O2/c1-16(2)13(19)17-8-7-15-12(18)11(17)9-5-3-4-6-10(9)14/h3-6,11H,7-8H2,1-2H3,(H,15,18). The Labute approximate surface area is 111 Å². The first-order valence-electron chi connectivity index (χ1n) is 6.02. The van der Waals surface area contributed by atoms with Crippen LogP contribution in [0.25, 0.3) is 0 Å². The summed E-state index contributed by atoms with van der Waals surface area (Å²) in [5, 5.41) is 2.66. The quantitative estimate of drug-likeness (QED) is 0.823. The number of hydrogen-bond acceptors (Lipinski definition) is 2. The summed E-state index contributed by atoms with van der Waals surface area (Å²) in [7, 11) is 3.21. The SMILES string of the molecule is CN(C)C(=O)N1CCNC(=O)C1c1ccccc1F. The summed E-state index contributed by atoms with van der Waals surface area (Å²) in [5.74, 6) is -0.840. The first-order chi connectivity index (χ1) is 9.02. The Morgan fingerprint density at radius 1 is 1.42 bits per heavy atom. The van der Waals surface area contributed by atoms with Crippen LogP contribution in [0.2, 0.25) is 0 Å². The number of carbonyl (C=O) groups excluding carboxylic acids is 2. The van der Waals surface area contributed by atoms with Gasteiger partial charge in [-0.3, -0.25) is 4.79 Å². The Morgan fingerprint density at radius 2 is 2.11 bits per heavy atom. The van der Waals surface area contributed by atoms with Gasteiger partial charge in [-0.15, -0.1) is 0 Å². The zero-order valence-corrected chi connectivity index (χ0v) is 10.9. The number of halogens is 1. The van der Waals surface area contributed by atoms with Gasteiger partial charge in [0.15, 0.2) is 0 Å². The lowest BCUT2D eigenvalue weighted by Gasteiger charge is -2.36. The van der Waals surface area contributed by atoms with Gasteiger partial charge in [-0.25, -0.2) is 9.18 Å². The number of piperazine rings is 1. The molecule has 1 unspecified atom stereocenters. The van der Waals surface area contributed by atoms with Gasteiger partial charge in [0, 0.05) is 32.7 Å². The maximum atomic E-state index is 13.9. The molecule has 1 aromatic rings. The summed E-state index contributed by atoms with van der Waals surface area (Å²) >= 11 is 0. The van der Waals surface area contributed by atoms with Crippen molar-refractivity contribution in [2.24, 2.45) is 0 Å². The lowest BCUT2D eigenvalue weighted by atomic mass is 10.0. The molecule has 1 heterocycles. The molecule has 2 rings (SSSR count). The molecule has 1 aliphatic rings. The fourth-order valence-corrected chi connectivity index (χ4v) is 2.14. The van der Waals surface area contributed by atoms with Crippen LogP contribution in [0.1, 0.15) is 11.6 Å². The Bertz CT molecular complexity index is 504. The van der Waals surface area contributed by atoms with Crippen molar-refractivity contribution in [3.63, 3.8) is 0 Å². The summed E-state index contributed by atoms with van der Waals surface area (Å²) in [4.78, 5) is 26.8. The molecule has 1 saturated heterocycles. The van der Waals surface area contributed by atoms with E-state index >= 15 is 0 Å². The summed E-state index contributed by atoms with van der Waals surface area (Å²) in [6, 6.07) is 4.81. The minimum atomic E-state index is -0.912. The Hall–Kier alpha value is -2.11. The second kappa shape index (κ2) is 5.26. The minimum Gasteiger partial charge on any atom is -0.352 e. The van der Waals surface area contributed by atoms with Gasteiger partial charge < -0.3 is 15.1 Å². The molecule has 1 fully saturated rings. The van der Waals surface area contributed by atoms with E-state index in [0.717, 1.165) is 0 Å². The van der Waals surface area contributed by atoms with E-state index in [-0.39, 0.29) is 17.5 Å². The van der Waals surface area contributed by atoms with Crippen LogP contribution in [0.4, 0.5) is 9.18 Å². The molecule has 6 heteroatoms. The van der Waals surface area contributed by atoms with Crippen LogP contribution < -0.4 is 5.32 Å². The van der Waals surface area contributed by atoms with Gasteiger partial charge >= 0.3 is 6.03 Å². The lowest BCUT2D eigenvalue weighted by Crippen LogP contribution is -2.54. The maximum absolute atomic E-state index is 13.9. The van der Waals surface area contributed by atoms with Crippen LogP contribution in [-0.2, 0) is 4.79 Å². The molecule has 0 aliphatic carbocycles. The lowest BCUT2D eigenvalue weighted by molar-refractivity contribution is -0.128. The molecule has 3 amide bonds. The van der Waals surface area contributed by atoms with Crippen molar-refractivity contribution in [2.75, 3.05) is 27.2 Å². The zero-order chi connectivity index (χ0) is 14.0. The molecular formula is C13H16FN3O2. The molecule has 1 N–H and O–H groups in total. The van der Waals surface area contributed by atoms with Gasteiger partial charge in [0.05, 0.1) is 0 Å². The average molecular weight is 265 g/mol. The van der Waals surface area contributed by atoms with Crippen LogP contribution in [-0.4, -0.2) is 48.9 Å². The smallest absolute Gasteiger partial charge is 0.320 e. The van der Waals surface area contributed by atoms with E-state index in [1.807, 2.05) is 0 Å². The summed E-state index contributed by atoms with van der Waals surface area (Å²) in [5.41, 5.74) is 0.218. The third-order valence-electron chi connectivity index (χ3n) is 3.04. The number of nitrogens with zero attached hydrogens (tertiary/aromatic N) is 2. The Balaban J connectivity index is 2.40. The van der Waals surface area contributed by atoms with E-state index < -0.39 is 11.9 Å². The molecule has 19 heavy (non-hydrogen) atoms. The second-order valence-electron chi connectivity index (χ2n) is 4.59. The van der Waals surface area contributed by atoms with Crippen LogP contribution in [0.15, 0.2) is 24.3 Å². The van der Waals surface area contributed by atoms with Gasteiger partial charge in [-0.2, -0.15) is 0 Å². The van der Waals surface area contributed by atoms with Crippen molar-refractivity contribution in [2.45, 2.75) is 6.04 Å². The molecule has 0 bridgehead atoms. The molecule has 0 spiro atoms. The highest BCUT2D eigenvalue weighted by molar-refractivity contribution is 5.89. The van der Waals surface area contributed by atoms with Gasteiger partial charge in [-0.05, 0) is 6.07 Å². The predicted octanol–water partition coefficient (Wildman–Crippen LogP) is 0.980.